The van der Waals surface area contributed by atoms with Crippen LogP contribution in [0.25, 0.3) is 0 Å². The Morgan fingerprint density at radius 1 is 1.16 bits per heavy atom. The maximum atomic E-state index is 13.7. The van der Waals surface area contributed by atoms with E-state index in [9.17, 15) is 13.6 Å². The number of nitrogens with one attached hydrogen (secondary N) is 1. The van der Waals surface area contributed by atoms with E-state index >= 15 is 0 Å². The molecular weight excluding hydrogens is 422 g/mol. The monoisotopic (exact) mass is 446 g/mol. The zero-order chi connectivity index (χ0) is 22.5. The van der Waals surface area contributed by atoms with Crippen molar-refractivity contribution in [3.05, 3.63) is 65.0 Å². The lowest BCUT2D eigenvalue weighted by molar-refractivity contribution is -0.113. The number of hydrogen-bond acceptors (Lipinski definition) is 5. The van der Waals surface area contributed by atoms with E-state index in [0.29, 0.717) is 11.0 Å². The van der Waals surface area contributed by atoms with Crippen molar-refractivity contribution < 1.29 is 18.3 Å². The lowest BCUT2D eigenvalue weighted by Crippen LogP contribution is -2.16. The zero-order valence-corrected chi connectivity index (χ0v) is 18.6. The standard InChI is InChI=1S/C22H24F2N4O2S/c1-13(2)28-20(11-30-19-8-5-14(3)9-15(19)4)26-27-22(28)31-12-21(29)25-18-10-16(23)6-7-17(18)24/h5-10,13H,11-12H2,1-4H3,(H,25,29). The van der Waals surface area contributed by atoms with Crippen LogP contribution in [0.3, 0.4) is 0 Å². The van der Waals surface area contributed by atoms with E-state index in [1.165, 1.54) is 11.8 Å². The number of nitrogens with zero attached hydrogens (tertiary/aromatic N) is 3. The molecule has 3 rings (SSSR count). The Morgan fingerprint density at radius 3 is 2.65 bits per heavy atom. The molecular formula is C22H24F2N4O2S. The van der Waals surface area contributed by atoms with Gasteiger partial charge in [0.1, 0.15) is 24.0 Å². The molecule has 0 aliphatic heterocycles. The normalized spacial score (nSPS) is 11.1. The van der Waals surface area contributed by atoms with Crippen LogP contribution in [-0.2, 0) is 11.4 Å². The summed E-state index contributed by atoms with van der Waals surface area (Å²) in [5.41, 5.74) is 2.00. The van der Waals surface area contributed by atoms with Gasteiger partial charge in [-0.1, -0.05) is 29.5 Å². The summed E-state index contributed by atoms with van der Waals surface area (Å²) in [6, 6.07) is 8.89. The third-order valence-electron chi connectivity index (χ3n) is 4.47. The maximum Gasteiger partial charge on any atom is 0.234 e. The molecule has 1 amide bonds. The number of amides is 1. The van der Waals surface area contributed by atoms with Gasteiger partial charge in [0.25, 0.3) is 0 Å². The summed E-state index contributed by atoms with van der Waals surface area (Å²) in [5.74, 6) is -0.420. The minimum Gasteiger partial charge on any atom is -0.485 e. The number of anilines is 1. The zero-order valence-electron chi connectivity index (χ0n) is 17.8. The highest BCUT2D eigenvalue weighted by Gasteiger charge is 2.18. The molecule has 1 heterocycles. The Morgan fingerprint density at radius 2 is 1.94 bits per heavy atom. The summed E-state index contributed by atoms with van der Waals surface area (Å²) in [4.78, 5) is 12.2. The SMILES string of the molecule is Cc1ccc(OCc2nnc(SCC(=O)Nc3cc(F)ccc3F)n2C(C)C)c(C)c1. The molecule has 0 saturated carbocycles. The molecule has 6 nitrogen and oxygen atoms in total. The first-order chi connectivity index (χ1) is 14.7. The number of benzene rings is 2. The van der Waals surface area contributed by atoms with Gasteiger partial charge in [-0.3, -0.25) is 4.79 Å². The van der Waals surface area contributed by atoms with Gasteiger partial charge >= 0.3 is 0 Å². The van der Waals surface area contributed by atoms with Crippen LogP contribution in [0.1, 0.15) is 36.8 Å². The first kappa shape index (κ1) is 22.7. The second-order valence-corrected chi connectivity index (χ2v) is 8.32. The van der Waals surface area contributed by atoms with Crippen molar-refractivity contribution >= 4 is 23.4 Å². The van der Waals surface area contributed by atoms with Crippen molar-refractivity contribution in [2.75, 3.05) is 11.1 Å². The van der Waals surface area contributed by atoms with Gasteiger partial charge in [0.05, 0.1) is 11.4 Å². The van der Waals surface area contributed by atoms with E-state index in [4.69, 9.17) is 4.74 Å². The smallest absolute Gasteiger partial charge is 0.234 e. The number of halogens is 2. The molecule has 164 valence electrons. The molecule has 9 heteroatoms. The minimum absolute atomic E-state index is 0.0290. The van der Waals surface area contributed by atoms with Gasteiger partial charge in [-0.05, 0) is 51.5 Å². The van der Waals surface area contributed by atoms with Crippen molar-refractivity contribution in [3.63, 3.8) is 0 Å². The highest BCUT2D eigenvalue weighted by atomic mass is 32.2. The van der Waals surface area contributed by atoms with Crippen molar-refractivity contribution in [2.24, 2.45) is 0 Å². The van der Waals surface area contributed by atoms with Crippen LogP contribution in [0.4, 0.5) is 14.5 Å². The number of ether oxygens (including phenoxy) is 1. The van der Waals surface area contributed by atoms with Crippen molar-refractivity contribution in [1.82, 2.24) is 14.8 Å². The topological polar surface area (TPSA) is 69.0 Å². The first-order valence-corrected chi connectivity index (χ1v) is 10.7. The van der Waals surface area contributed by atoms with Crippen LogP contribution in [0.2, 0.25) is 0 Å². The number of carbonyl (C=O) groups excluding carboxylic acids is 1. The molecule has 0 aliphatic carbocycles. The first-order valence-electron chi connectivity index (χ1n) is 9.76. The summed E-state index contributed by atoms with van der Waals surface area (Å²) in [7, 11) is 0. The average Bonchev–Trinajstić information content (AvgIpc) is 3.12. The fourth-order valence-corrected chi connectivity index (χ4v) is 3.92. The quantitative estimate of drug-likeness (QED) is 0.490. The van der Waals surface area contributed by atoms with Gasteiger partial charge in [-0.25, -0.2) is 8.78 Å². The fourth-order valence-electron chi connectivity index (χ4n) is 3.04. The predicted octanol–water partition coefficient (Wildman–Crippen LogP) is 5.06. The van der Waals surface area contributed by atoms with E-state index < -0.39 is 17.5 Å². The molecule has 1 aromatic heterocycles. The summed E-state index contributed by atoms with van der Waals surface area (Å²) in [5, 5.41) is 11.3. The Balaban J connectivity index is 1.65. The summed E-state index contributed by atoms with van der Waals surface area (Å²) in [6.45, 7) is 8.20. The van der Waals surface area contributed by atoms with Crippen LogP contribution >= 0.6 is 11.8 Å². The molecule has 0 unspecified atom stereocenters. The van der Waals surface area contributed by atoms with Crippen LogP contribution in [0.15, 0.2) is 41.6 Å². The predicted molar refractivity (Wildman–Crippen MR) is 116 cm³/mol. The molecule has 1 N–H and O–H groups in total. The molecule has 0 fully saturated rings. The Labute approximate surface area is 184 Å². The molecule has 3 aromatic rings. The van der Waals surface area contributed by atoms with E-state index in [1.54, 1.807) is 0 Å². The Bertz CT molecular complexity index is 1090. The molecule has 0 bridgehead atoms. The van der Waals surface area contributed by atoms with Gasteiger partial charge < -0.3 is 14.6 Å². The minimum atomic E-state index is -0.698. The summed E-state index contributed by atoms with van der Waals surface area (Å²) in [6.07, 6.45) is 0. The van der Waals surface area contributed by atoms with Gasteiger partial charge in [0.2, 0.25) is 5.91 Å². The molecule has 0 aliphatic rings. The number of rotatable bonds is 8. The van der Waals surface area contributed by atoms with Gasteiger partial charge in [-0.2, -0.15) is 0 Å². The second-order valence-electron chi connectivity index (χ2n) is 7.38. The molecule has 0 radical (unpaired) electrons. The molecule has 0 spiro atoms. The van der Waals surface area contributed by atoms with Crippen molar-refractivity contribution in [1.29, 1.82) is 0 Å². The van der Waals surface area contributed by atoms with E-state index in [-0.39, 0.29) is 24.1 Å². The number of thioether (sulfide) groups is 1. The van der Waals surface area contributed by atoms with Crippen LogP contribution < -0.4 is 10.1 Å². The second kappa shape index (κ2) is 9.91. The van der Waals surface area contributed by atoms with Gasteiger partial charge in [0, 0.05) is 12.1 Å². The van der Waals surface area contributed by atoms with Crippen LogP contribution in [0, 0.1) is 25.5 Å². The van der Waals surface area contributed by atoms with Crippen molar-refractivity contribution in [3.8, 4) is 5.75 Å². The Kier molecular flexibility index (Phi) is 7.27. The average molecular weight is 447 g/mol. The number of carbonyl (C=O) groups is 1. The van der Waals surface area contributed by atoms with Crippen molar-refractivity contribution in [2.45, 2.75) is 45.5 Å². The molecule has 0 saturated heterocycles. The number of aromatic nitrogens is 3. The van der Waals surface area contributed by atoms with Crippen LogP contribution in [0.5, 0.6) is 5.75 Å². The molecule has 0 atom stereocenters. The third kappa shape index (κ3) is 5.81. The van der Waals surface area contributed by atoms with Gasteiger partial charge in [-0.15, -0.1) is 10.2 Å². The van der Waals surface area contributed by atoms with E-state index in [2.05, 4.69) is 15.5 Å². The molecule has 2 aromatic carbocycles. The number of aryl methyl sites for hydroxylation is 2. The maximum absolute atomic E-state index is 13.7. The highest BCUT2D eigenvalue weighted by Crippen LogP contribution is 2.25. The third-order valence-corrected chi connectivity index (χ3v) is 5.42. The number of hydrogen-bond donors (Lipinski definition) is 1. The van der Waals surface area contributed by atoms with E-state index in [0.717, 1.165) is 35.1 Å². The lowest BCUT2D eigenvalue weighted by atomic mass is 10.1. The largest absolute Gasteiger partial charge is 0.485 e. The van der Waals surface area contributed by atoms with Gasteiger partial charge in [0.15, 0.2) is 11.0 Å². The molecule has 31 heavy (non-hydrogen) atoms. The van der Waals surface area contributed by atoms with E-state index in [1.807, 2.05) is 50.5 Å². The lowest BCUT2D eigenvalue weighted by Gasteiger charge is -2.15. The Hall–Kier alpha value is -2.94. The summed E-state index contributed by atoms with van der Waals surface area (Å²) >= 11 is 1.17. The highest BCUT2D eigenvalue weighted by molar-refractivity contribution is 7.99. The summed E-state index contributed by atoms with van der Waals surface area (Å²) < 4.78 is 34.8. The fraction of sp³-hybridized carbons (Fsp3) is 0.318. The van der Waals surface area contributed by atoms with Crippen LogP contribution in [-0.4, -0.2) is 26.4 Å².